The van der Waals surface area contributed by atoms with Gasteiger partial charge in [0.25, 0.3) is 0 Å². The summed E-state index contributed by atoms with van der Waals surface area (Å²) in [4.78, 5) is 0. The fourth-order valence-electron chi connectivity index (χ4n) is 3.22. The van der Waals surface area contributed by atoms with E-state index in [1.807, 2.05) is 0 Å². The Morgan fingerprint density at radius 2 is 1.85 bits per heavy atom. The molecule has 1 nitrogen and oxygen atoms in total. The van der Waals surface area contributed by atoms with Crippen LogP contribution in [0, 0.1) is 5.92 Å². The van der Waals surface area contributed by atoms with Gasteiger partial charge in [0.15, 0.2) is 0 Å². The van der Waals surface area contributed by atoms with E-state index in [2.05, 4.69) is 61.3 Å². The first-order valence-electron chi connectivity index (χ1n) is 8.21. The topological polar surface area (TPSA) is 3.24 Å². The van der Waals surface area contributed by atoms with Crippen LogP contribution in [-0.4, -0.2) is 23.1 Å². The quantitative estimate of drug-likeness (QED) is 0.641. The smallest absolute Gasteiger partial charge is 0.0115 e. The Morgan fingerprint density at radius 1 is 1.15 bits per heavy atom. The predicted octanol–water partition coefficient (Wildman–Crippen LogP) is 5.12. The van der Waals surface area contributed by atoms with Crippen LogP contribution in [0.5, 0.6) is 0 Å². The standard InChI is InChI=1S/C18H29NS/c1-4-12-19(13-5-2)20-14-17-11-10-16-8-6-7-9-18(16)15(17)3/h6-9,15,17H,4-5,10-14H2,1-3H3. The van der Waals surface area contributed by atoms with Gasteiger partial charge in [0.1, 0.15) is 0 Å². The molecule has 0 aromatic heterocycles. The van der Waals surface area contributed by atoms with Gasteiger partial charge < -0.3 is 0 Å². The van der Waals surface area contributed by atoms with Crippen molar-refractivity contribution in [2.75, 3.05) is 18.8 Å². The van der Waals surface area contributed by atoms with E-state index in [0.717, 1.165) is 11.8 Å². The van der Waals surface area contributed by atoms with Crippen LogP contribution >= 0.6 is 11.9 Å². The average Bonchev–Trinajstić information content (AvgIpc) is 2.47. The van der Waals surface area contributed by atoms with Crippen molar-refractivity contribution in [3.8, 4) is 0 Å². The zero-order chi connectivity index (χ0) is 14.4. The molecule has 0 fully saturated rings. The number of nitrogens with zero attached hydrogens (tertiary/aromatic N) is 1. The van der Waals surface area contributed by atoms with E-state index in [4.69, 9.17) is 0 Å². The molecule has 2 rings (SSSR count). The summed E-state index contributed by atoms with van der Waals surface area (Å²) in [6.07, 6.45) is 5.15. The van der Waals surface area contributed by atoms with E-state index < -0.39 is 0 Å². The predicted molar refractivity (Wildman–Crippen MR) is 91.3 cm³/mol. The van der Waals surface area contributed by atoms with Gasteiger partial charge in [-0.1, -0.05) is 57.0 Å². The molecular formula is C18H29NS. The van der Waals surface area contributed by atoms with Crippen molar-refractivity contribution >= 4 is 11.9 Å². The SMILES string of the molecule is CCCN(CCC)SCC1CCc2ccccc2C1C. The maximum Gasteiger partial charge on any atom is 0.0115 e. The summed E-state index contributed by atoms with van der Waals surface area (Å²) < 4.78 is 2.58. The second-order valence-corrected chi connectivity index (χ2v) is 7.12. The third kappa shape index (κ3) is 4.02. The van der Waals surface area contributed by atoms with E-state index in [1.54, 1.807) is 11.1 Å². The van der Waals surface area contributed by atoms with E-state index in [9.17, 15) is 0 Å². The molecular weight excluding hydrogens is 262 g/mol. The molecule has 1 aromatic rings. The lowest BCUT2D eigenvalue weighted by atomic mass is 9.77. The molecule has 0 amide bonds. The van der Waals surface area contributed by atoms with E-state index in [-0.39, 0.29) is 0 Å². The minimum absolute atomic E-state index is 0.720. The first kappa shape index (κ1) is 15.9. The van der Waals surface area contributed by atoms with Gasteiger partial charge >= 0.3 is 0 Å². The zero-order valence-corrected chi connectivity index (χ0v) is 14.1. The molecule has 0 saturated carbocycles. The fourth-order valence-corrected chi connectivity index (χ4v) is 4.70. The summed E-state index contributed by atoms with van der Waals surface area (Å²) >= 11 is 2.09. The number of hydrogen-bond acceptors (Lipinski definition) is 2. The molecule has 0 bridgehead atoms. The van der Waals surface area contributed by atoms with Crippen LogP contribution in [0.25, 0.3) is 0 Å². The largest absolute Gasteiger partial charge is 0.251 e. The molecule has 1 aliphatic carbocycles. The van der Waals surface area contributed by atoms with Gasteiger partial charge in [-0.15, -0.1) is 0 Å². The van der Waals surface area contributed by atoms with Gasteiger partial charge in [-0.2, -0.15) is 0 Å². The van der Waals surface area contributed by atoms with Crippen LogP contribution in [0.1, 0.15) is 57.1 Å². The van der Waals surface area contributed by atoms with Crippen molar-refractivity contribution in [1.82, 2.24) is 4.31 Å². The highest BCUT2D eigenvalue weighted by Gasteiger charge is 2.26. The Hall–Kier alpha value is -0.470. The summed E-state index contributed by atoms with van der Waals surface area (Å²) in [6.45, 7) is 9.45. The summed E-state index contributed by atoms with van der Waals surface area (Å²) in [5.74, 6) is 2.85. The summed E-state index contributed by atoms with van der Waals surface area (Å²) in [5.41, 5.74) is 3.18. The number of benzene rings is 1. The molecule has 1 aliphatic rings. The molecule has 1 aromatic carbocycles. The van der Waals surface area contributed by atoms with E-state index in [1.165, 1.54) is 44.5 Å². The van der Waals surface area contributed by atoms with Crippen LogP contribution in [0.2, 0.25) is 0 Å². The molecule has 112 valence electrons. The summed E-state index contributed by atoms with van der Waals surface area (Å²) in [5, 5.41) is 0. The lowest BCUT2D eigenvalue weighted by Gasteiger charge is -2.32. The van der Waals surface area contributed by atoms with Gasteiger partial charge in [0, 0.05) is 18.8 Å². The van der Waals surface area contributed by atoms with Gasteiger partial charge in [-0.3, -0.25) is 4.31 Å². The van der Waals surface area contributed by atoms with Crippen molar-refractivity contribution in [3.63, 3.8) is 0 Å². The second-order valence-electron chi connectivity index (χ2n) is 6.01. The minimum atomic E-state index is 0.720. The molecule has 0 saturated heterocycles. The van der Waals surface area contributed by atoms with Crippen molar-refractivity contribution in [1.29, 1.82) is 0 Å². The molecule has 0 radical (unpaired) electrons. The molecule has 2 atom stereocenters. The zero-order valence-electron chi connectivity index (χ0n) is 13.3. The molecule has 0 spiro atoms. The highest BCUT2D eigenvalue weighted by Crippen LogP contribution is 2.37. The van der Waals surface area contributed by atoms with Crippen molar-refractivity contribution in [2.24, 2.45) is 5.92 Å². The molecule has 0 heterocycles. The van der Waals surface area contributed by atoms with Crippen LogP contribution < -0.4 is 0 Å². The van der Waals surface area contributed by atoms with E-state index in [0.29, 0.717) is 0 Å². The monoisotopic (exact) mass is 291 g/mol. The summed E-state index contributed by atoms with van der Waals surface area (Å²) in [6, 6.07) is 9.04. The van der Waals surface area contributed by atoms with Crippen molar-refractivity contribution < 1.29 is 0 Å². The minimum Gasteiger partial charge on any atom is -0.251 e. The van der Waals surface area contributed by atoms with Crippen molar-refractivity contribution in [3.05, 3.63) is 35.4 Å². The van der Waals surface area contributed by atoms with Gasteiger partial charge in [0.05, 0.1) is 0 Å². The highest BCUT2D eigenvalue weighted by molar-refractivity contribution is 7.97. The van der Waals surface area contributed by atoms with E-state index >= 15 is 0 Å². The van der Waals surface area contributed by atoms with Gasteiger partial charge in [-0.05, 0) is 48.6 Å². The second kappa shape index (κ2) is 8.09. The van der Waals surface area contributed by atoms with Crippen molar-refractivity contribution in [2.45, 2.75) is 52.4 Å². The van der Waals surface area contributed by atoms with Crippen LogP contribution in [0.15, 0.2) is 24.3 Å². The molecule has 2 heteroatoms. The normalized spacial score (nSPS) is 22.0. The first-order chi connectivity index (χ1) is 9.76. The fraction of sp³-hybridized carbons (Fsp3) is 0.667. The third-order valence-corrected chi connectivity index (χ3v) is 5.76. The Morgan fingerprint density at radius 3 is 2.55 bits per heavy atom. The van der Waals surface area contributed by atoms with Crippen LogP contribution in [0.3, 0.4) is 0 Å². The Bertz CT molecular complexity index is 398. The molecule has 0 N–H and O–H groups in total. The number of fused-ring (bicyclic) bond motifs is 1. The first-order valence-corrected chi connectivity index (χ1v) is 9.16. The average molecular weight is 292 g/mol. The van der Waals surface area contributed by atoms with Crippen LogP contribution in [0.4, 0.5) is 0 Å². The number of aryl methyl sites for hydroxylation is 1. The maximum absolute atomic E-state index is 2.58. The maximum atomic E-state index is 2.58. The third-order valence-electron chi connectivity index (χ3n) is 4.45. The lowest BCUT2D eigenvalue weighted by molar-refractivity contribution is 0.421. The Labute approximate surface area is 129 Å². The number of rotatable bonds is 7. The van der Waals surface area contributed by atoms with Crippen LogP contribution in [-0.2, 0) is 6.42 Å². The van der Waals surface area contributed by atoms with Gasteiger partial charge in [-0.25, -0.2) is 0 Å². The molecule has 20 heavy (non-hydrogen) atoms. The molecule has 2 unspecified atom stereocenters. The summed E-state index contributed by atoms with van der Waals surface area (Å²) in [7, 11) is 0. The molecule has 0 aliphatic heterocycles. The Balaban J connectivity index is 1.91. The van der Waals surface area contributed by atoms with Gasteiger partial charge in [0.2, 0.25) is 0 Å². The lowest BCUT2D eigenvalue weighted by Crippen LogP contribution is -2.24. The Kier molecular flexibility index (Phi) is 6.44. The number of hydrogen-bond donors (Lipinski definition) is 0. The highest BCUT2D eigenvalue weighted by atomic mass is 32.2.